The highest BCUT2D eigenvalue weighted by atomic mass is 79.9. The molecule has 0 aliphatic carbocycles. The molecule has 1 aliphatic rings. The summed E-state index contributed by atoms with van der Waals surface area (Å²) in [4.78, 5) is 14.6. The molecule has 1 aromatic carbocycles. The number of hydrogen-bond donors (Lipinski definition) is 1. The topological polar surface area (TPSA) is 46.3 Å². The van der Waals surface area contributed by atoms with E-state index in [1.807, 2.05) is 11.0 Å². The largest absolute Gasteiger partial charge is 0.399 e. The van der Waals surface area contributed by atoms with Gasteiger partial charge in [-0.2, -0.15) is 0 Å². The number of benzene rings is 1. The van der Waals surface area contributed by atoms with Crippen molar-refractivity contribution in [2.24, 2.45) is 5.92 Å². The molecule has 1 atom stereocenters. The molecule has 3 nitrogen and oxygen atoms in total. The summed E-state index contributed by atoms with van der Waals surface area (Å²) in [5.74, 6) is 0.585. The van der Waals surface area contributed by atoms with Crippen molar-refractivity contribution < 1.29 is 4.79 Å². The van der Waals surface area contributed by atoms with Gasteiger partial charge < -0.3 is 10.6 Å². The van der Waals surface area contributed by atoms with Crippen LogP contribution in [0.3, 0.4) is 0 Å². The maximum Gasteiger partial charge on any atom is 0.255 e. The molecule has 4 heteroatoms. The predicted octanol–water partition coefficient (Wildman–Crippen LogP) is 3.29. The summed E-state index contributed by atoms with van der Waals surface area (Å²) in [7, 11) is 0. The summed E-state index contributed by atoms with van der Waals surface area (Å²) in [6, 6.07) is 5.74. The van der Waals surface area contributed by atoms with Gasteiger partial charge in [-0.25, -0.2) is 0 Å². The molecule has 1 fully saturated rings. The summed E-state index contributed by atoms with van der Waals surface area (Å²) < 4.78 is 0.816. The Kier molecular flexibility index (Phi) is 3.95. The van der Waals surface area contributed by atoms with Gasteiger partial charge in [0, 0.05) is 22.7 Å². The van der Waals surface area contributed by atoms with Crippen LogP contribution in [-0.2, 0) is 0 Å². The summed E-state index contributed by atoms with van der Waals surface area (Å²) >= 11 is 3.43. The molecule has 1 saturated heterocycles. The average molecular weight is 311 g/mol. The van der Waals surface area contributed by atoms with Gasteiger partial charge in [-0.1, -0.05) is 13.8 Å². The number of anilines is 1. The van der Waals surface area contributed by atoms with Gasteiger partial charge in [0.25, 0.3) is 5.91 Å². The minimum atomic E-state index is 0.0883. The molecule has 0 radical (unpaired) electrons. The number of nitrogen functional groups attached to an aromatic ring is 1. The van der Waals surface area contributed by atoms with Crippen LogP contribution in [0, 0.1) is 5.92 Å². The Morgan fingerprint density at radius 1 is 1.50 bits per heavy atom. The monoisotopic (exact) mass is 310 g/mol. The Balaban J connectivity index is 2.28. The third-order valence-electron chi connectivity index (χ3n) is 3.55. The Bertz CT molecular complexity index is 459. The summed E-state index contributed by atoms with van der Waals surface area (Å²) in [5.41, 5.74) is 7.06. The van der Waals surface area contributed by atoms with Gasteiger partial charge >= 0.3 is 0 Å². The third-order valence-corrected chi connectivity index (χ3v) is 4.24. The van der Waals surface area contributed by atoms with E-state index in [-0.39, 0.29) is 5.91 Å². The van der Waals surface area contributed by atoms with Gasteiger partial charge in [0.2, 0.25) is 0 Å². The fourth-order valence-corrected chi connectivity index (χ4v) is 3.02. The van der Waals surface area contributed by atoms with Crippen molar-refractivity contribution in [3.8, 4) is 0 Å². The van der Waals surface area contributed by atoms with Gasteiger partial charge in [-0.05, 0) is 52.9 Å². The summed E-state index contributed by atoms with van der Waals surface area (Å²) in [6.45, 7) is 5.19. The zero-order valence-corrected chi connectivity index (χ0v) is 12.4. The predicted molar refractivity (Wildman–Crippen MR) is 77.5 cm³/mol. The SMILES string of the molecule is CC(C)C1CCCN1C(=O)c1cc(N)ccc1Br. The molecule has 0 spiro atoms. The van der Waals surface area contributed by atoms with Crippen LogP contribution in [0.15, 0.2) is 22.7 Å². The van der Waals surface area contributed by atoms with Gasteiger partial charge in [0.05, 0.1) is 5.56 Å². The van der Waals surface area contributed by atoms with Crippen LogP contribution >= 0.6 is 15.9 Å². The molecule has 1 unspecified atom stereocenters. The van der Waals surface area contributed by atoms with E-state index >= 15 is 0 Å². The van der Waals surface area contributed by atoms with Gasteiger partial charge in [0.1, 0.15) is 0 Å². The Labute approximate surface area is 116 Å². The minimum Gasteiger partial charge on any atom is -0.399 e. The van der Waals surface area contributed by atoms with Crippen molar-refractivity contribution in [3.63, 3.8) is 0 Å². The lowest BCUT2D eigenvalue weighted by atomic mass is 10.0. The first-order valence-electron chi connectivity index (χ1n) is 6.36. The Morgan fingerprint density at radius 3 is 2.89 bits per heavy atom. The normalized spacial score (nSPS) is 19.6. The van der Waals surface area contributed by atoms with E-state index in [1.165, 1.54) is 0 Å². The molecule has 1 heterocycles. The fraction of sp³-hybridized carbons (Fsp3) is 0.500. The molecule has 0 saturated carbocycles. The molecule has 2 N–H and O–H groups in total. The molecule has 2 rings (SSSR count). The van der Waals surface area contributed by atoms with Crippen molar-refractivity contribution in [1.29, 1.82) is 0 Å². The molecule has 98 valence electrons. The van der Waals surface area contributed by atoms with E-state index in [0.717, 1.165) is 23.9 Å². The standard InChI is InChI=1S/C14H19BrN2O/c1-9(2)13-4-3-7-17(13)14(18)11-8-10(16)5-6-12(11)15/h5-6,8-9,13H,3-4,7,16H2,1-2H3. The third kappa shape index (κ3) is 2.53. The van der Waals surface area contributed by atoms with Crippen LogP contribution in [0.4, 0.5) is 5.69 Å². The van der Waals surface area contributed by atoms with Gasteiger partial charge in [0.15, 0.2) is 0 Å². The number of hydrogen-bond acceptors (Lipinski definition) is 2. The van der Waals surface area contributed by atoms with Crippen LogP contribution in [0.1, 0.15) is 37.0 Å². The van der Waals surface area contributed by atoms with E-state index in [0.29, 0.717) is 23.2 Å². The van der Waals surface area contributed by atoms with E-state index in [4.69, 9.17) is 5.73 Å². The first kappa shape index (κ1) is 13.4. The van der Waals surface area contributed by atoms with Crippen molar-refractivity contribution in [2.75, 3.05) is 12.3 Å². The van der Waals surface area contributed by atoms with Crippen molar-refractivity contribution >= 4 is 27.5 Å². The number of rotatable bonds is 2. The number of nitrogens with zero attached hydrogens (tertiary/aromatic N) is 1. The molecule has 18 heavy (non-hydrogen) atoms. The summed E-state index contributed by atoms with van der Waals surface area (Å²) in [5, 5.41) is 0. The lowest BCUT2D eigenvalue weighted by Crippen LogP contribution is -2.38. The fourth-order valence-electron chi connectivity index (χ4n) is 2.60. The van der Waals surface area contributed by atoms with E-state index in [2.05, 4.69) is 29.8 Å². The molecular weight excluding hydrogens is 292 g/mol. The lowest BCUT2D eigenvalue weighted by Gasteiger charge is -2.28. The number of nitrogens with two attached hydrogens (primary N) is 1. The first-order chi connectivity index (χ1) is 8.50. The highest BCUT2D eigenvalue weighted by Gasteiger charge is 2.32. The number of carbonyl (C=O) groups excluding carboxylic acids is 1. The zero-order chi connectivity index (χ0) is 13.3. The van der Waals surface area contributed by atoms with Crippen molar-refractivity contribution in [3.05, 3.63) is 28.2 Å². The van der Waals surface area contributed by atoms with Crippen LogP contribution in [0.2, 0.25) is 0 Å². The molecule has 0 bridgehead atoms. The number of carbonyl (C=O) groups is 1. The number of halogens is 1. The first-order valence-corrected chi connectivity index (χ1v) is 7.16. The number of likely N-dealkylation sites (tertiary alicyclic amines) is 1. The van der Waals surface area contributed by atoms with Gasteiger partial charge in [-0.15, -0.1) is 0 Å². The van der Waals surface area contributed by atoms with E-state index in [1.54, 1.807) is 12.1 Å². The van der Waals surface area contributed by atoms with E-state index < -0.39 is 0 Å². The van der Waals surface area contributed by atoms with Crippen LogP contribution in [-0.4, -0.2) is 23.4 Å². The van der Waals surface area contributed by atoms with Crippen LogP contribution in [0.25, 0.3) is 0 Å². The Morgan fingerprint density at radius 2 is 2.22 bits per heavy atom. The average Bonchev–Trinajstić information content (AvgIpc) is 2.80. The second-order valence-corrected chi connectivity index (χ2v) is 6.05. The summed E-state index contributed by atoms with van der Waals surface area (Å²) in [6.07, 6.45) is 2.19. The number of amides is 1. The second-order valence-electron chi connectivity index (χ2n) is 5.19. The molecule has 1 aromatic rings. The highest BCUT2D eigenvalue weighted by molar-refractivity contribution is 9.10. The minimum absolute atomic E-state index is 0.0883. The molecule has 0 aromatic heterocycles. The molecule has 1 amide bonds. The van der Waals surface area contributed by atoms with E-state index in [9.17, 15) is 4.79 Å². The highest BCUT2D eigenvalue weighted by Crippen LogP contribution is 2.28. The lowest BCUT2D eigenvalue weighted by molar-refractivity contribution is 0.0700. The zero-order valence-electron chi connectivity index (χ0n) is 10.8. The smallest absolute Gasteiger partial charge is 0.255 e. The van der Waals surface area contributed by atoms with Crippen molar-refractivity contribution in [1.82, 2.24) is 4.90 Å². The molecule has 1 aliphatic heterocycles. The second kappa shape index (κ2) is 5.31. The quantitative estimate of drug-likeness (QED) is 0.852. The van der Waals surface area contributed by atoms with Crippen LogP contribution < -0.4 is 5.73 Å². The maximum atomic E-state index is 12.6. The van der Waals surface area contributed by atoms with Crippen molar-refractivity contribution in [2.45, 2.75) is 32.7 Å². The Hall–Kier alpha value is -1.03. The van der Waals surface area contributed by atoms with Crippen LogP contribution in [0.5, 0.6) is 0 Å². The molecular formula is C14H19BrN2O. The maximum absolute atomic E-state index is 12.6. The van der Waals surface area contributed by atoms with Gasteiger partial charge in [-0.3, -0.25) is 4.79 Å².